The van der Waals surface area contributed by atoms with Gasteiger partial charge in [-0.2, -0.15) is 0 Å². The van der Waals surface area contributed by atoms with Crippen molar-refractivity contribution in [1.29, 1.82) is 0 Å². The van der Waals surface area contributed by atoms with E-state index in [0.717, 1.165) is 0 Å². The number of hydrogen-bond acceptors (Lipinski definition) is 9. The third-order valence-corrected chi connectivity index (χ3v) is 5.03. The standard InChI is InChI=1S/C21H20O9/c22-8-16-18(25)19(26)20(27)21(30-16)29-12-5-6-13-15(7-12)28-9-14(17(13)24)10-1-3-11(23)4-2-10/h1-7,9,16,18-23,25-27H,8H2. The van der Waals surface area contributed by atoms with E-state index in [-0.39, 0.29) is 22.5 Å². The number of fused-ring (bicyclic) bond motifs is 1. The van der Waals surface area contributed by atoms with Crippen molar-refractivity contribution in [3.05, 3.63) is 59.0 Å². The van der Waals surface area contributed by atoms with E-state index in [4.69, 9.17) is 13.9 Å². The predicted octanol–water partition coefficient (Wildman–Crippen LogP) is 0.344. The molecule has 0 bridgehead atoms. The van der Waals surface area contributed by atoms with Gasteiger partial charge < -0.3 is 39.4 Å². The zero-order valence-electron chi connectivity index (χ0n) is 15.6. The Labute approximate surface area is 170 Å². The lowest BCUT2D eigenvalue weighted by atomic mass is 9.99. The van der Waals surface area contributed by atoms with E-state index in [2.05, 4.69) is 0 Å². The van der Waals surface area contributed by atoms with Crippen LogP contribution in [-0.4, -0.2) is 62.8 Å². The zero-order chi connectivity index (χ0) is 21.4. The van der Waals surface area contributed by atoms with Crippen LogP contribution in [0.25, 0.3) is 22.1 Å². The summed E-state index contributed by atoms with van der Waals surface area (Å²) < 4.78 is 16.4. The van der Waals surface area contributed by atoms with Crippen molar-refractivity contribution >= 4 is 11.0 Å². The molecule has 0 amide bonds. The van der Waals surface area contributed by atoms with Crippen molar-refractivity contribution in [2.24, 2.45) is 0 Å². The fraction of sp³-hybridized carbons (Fsp3) is 0.286. The lowest BCUT2D eigenvalue weighted by Crippen LogP contribution is -2.60. The summed E-state index contributed by atoms with van der Waals surface area (Å²) >= 11 is 0. The molecule has 0 aliphatic carbocycles. The number of ether oxygens (including phenoxy) is 2. The molecule has 5 unspecified atom stereocenters. The number of hydrogen-bond donors (Lipinski definition) is 5. The zero-order valence-corrected chi connectivity index (χ0v) is 15.6. The second kappa shape index (κ2) is 8.05. The van der Waals surface area contributed by atoms with Crippen LogP contribution in [0.2, 0.25) is 0 Å². The highest BCUT2D eigenvalue weighted by atomic mass is 16.7. The Bertz CT molecular complexity index is 1090. The van der Waals surface area contributed by atoms with Gasteiger partial charge in [-0.15, -0.1) is 0 Å². The van der Waals surface area contributed by atoms with Crippen LogP contribution in [0.15, 0.2) is 57.9 Å². The molecule has 1 aliphatic heterocycles. The highest BCUT2D eigenvalue weighted by Gasteiger charge is 2.44. The van der Waals surface area contributed by atoms with E-state index in [9.17, 15) is 30.3 Å². The van der Waals surface area contributed by atoms with E-state index in [1.807, 2.05) is 0 Å². The van der Waals surface area contributed by atoms with Crippen LogP contribution in [0.3, 0.4) is 0 Å². The van der Waals surface area contributed by atoms with Gasteiger partial charge >= 0.3 is 0 Å². The molecular weight excluding hydrogens is 396 g/mol. The molecule has 0 saturated carbocycles. The van der Waals surface area contributed by atoms with Crippen LogP contribution in [-0.2, 0) is 4.74 Å². The summed E-state index contributed by atoms with van der Waals surface area (Å²) in [5, 5.41) is 48.7. The first-order valence-corrected chi connectivity index (χ1v) is 9.21. The van der Waals surface area contributed by atoms with Crippen LogP contribution >= 0.6 is 0 Å². The quantitative estimate of drug-likeness (QED) is 0.406. The molecule has 2 heterocycles. The van der Waals surface area contributed by atoms with Crippen LogP contribution in [0.4, 0.5) is 0 Å². The van der Waals surface area contributed by atoms with Crippen molar-refractivity contribution in [2.45, 2.75) is 30.7 Å². The second-order valence-electron chi connectivity index (χ2n) is 7.00. The monoisotopic (exact) mass is 416 g/mol. The summed E-state index contributed by atoms with van der Waals surface area (Å²) in [4.78, 5) is 12.8. The summed E-state index contributed by atoms with van der Waals surface area (Å²) in [6.07, 6.45) is -5.75. The lowest BCUT2D eigenvalue weighted by Gasteiger charge is -2.39. The Hall–Kier alpha value is -2.95. The molecule has 158 valence electrons. The number of phenols is 1. The summed E-state index contributed by atoms with van der Waals surface area (Å²) in [6.45, 7) is -0.572. The number of rotatable bonds is 4. The topological polar surface area (TPSA) is 150 Å². The molecule has 5 atom stereocenters. The van der Waals surface area contributed by atoms with E-state index in [1.54, 1.807) is 12.1 Å². The van der Waals surface area contributed by atoms with Gasteiger partial charge in [0.2, 0.25) is 6.29 Å². The number of aliphatic hydroxyl groups is 4. The molecule has 1 fully saturated rings. The first-order chi connectivity index (χ1) is 14.4. The SMILES string of the molecule is O=c1c(-c2ccc(O)cc2)coc2cc(OC3OC(CO)C(O)C(O)C3O)ccc12. The lowest BCUT2D eigenvalue weighted by molar-refractivity contribution is -0.277. The highest BCUT2D eigenvalue weighted by Crippen LogP contribution is 2.27. The molecule has 2 aromatic carbocycles. The molecule has 30 heavy (non-hydrogen) atoms. The number of aliphatic hydroxyl groups excluding tert-OH is 4. The van der Waals surface area contributed by atoms with Crippen molar-refractivity contribution in [1.82, 2.24) is 0 Å². The van der Waals surface area contributed by atoms with Crippen molar-refractivity contribution in [2.75, 3.05) is 6.61 Å². The number of benzene rings is 2. The number of phenolic OH excluding ortho intramolecular Hbond substituents is 1. The Morgan fingerprint density at radius 2 is 1.70 bits per heavy atom. The maximum Gasteiger partial charge on any atom is 0.229 e. The molecule has 4 rings (SSSR count). The van der Waals surface area contributed by atoms with E-state index in [1.165, 1.54) is 36.6 Å². The first-order valence-electron chi connectivity index (χ1n) is 9.21. The third kappa shape index (κ3) is 3.64. The van der Waals surface area contributed by atoms with Crippen LogP contribution < -0.4 is 10.2 Å². The van der Waals surface area contributed by atoms with Gasteiger partial charge in [-0.1, -0.05) is 12.1 Å². The Morgan fingerprint density at radius 3 is 2.40 bits per heavy atom. The van der Waals surface area contributed by atoms with E-state index < -0.39 is 37.3 Å². The second-order valence-corrected chi connectivity index (χ2v) is 7.00. The molecule has 1 aliphatic rings. The van der Waals surface area contributed by atoms with Crippen molar-refractivity contribution in [3.8, 4) is 22.6 Å². The predicted molar refractivity (Wildman–Crippen MR) is 104 cm³/mol. The average molecular weight is 416 g/mol. The van der Waals surface area contributed by atoms with E-state index in [0.29, 0.717) is 16.5 Å². The highest BCUT2D eigenvalue weighted by molar-refractivity contribution is 5.82. The summed E-state index contributed by atoms with van der Waals surface area (Å²) in [6, 6.07) is 10.5. The smallest absolute Gasteiger partial charge is 0.229 e. The van der Waals surface area contributed by atoms with Crippen LogP contribution in [0.5, 0.6) is 11.5 Å². The van der Waals surface area contributed by atoms with Gasteiger partial charge in [-0.05, 0) is 29.8 Å². The fourth-order valence-electron chi connectivity index (χ4n) is 3.32. The third-order valence-electron chi connectivity index (χ3n) is 5.03. The fourth-order valence-corrected chi connectivity index (χ4v) is 3.32. The van der Waals surface area contributed by atoms with Crippen molar-refractivity contribution in [3.63, 3.8) is 0 Å². The van der Waals surface area contributed by atoms with Crippen molar-refractivity contribution < 1.29 is 39.4 Å². The molecular formula is C21H20O9. The maximum atomic E-state index is 12.8. The normalized spacial score (nSPS) is 26.6. The Kier molecular flexibility index (Phi) is 5.46. The molecule has 1 saturated heterocycles. The molecule has 9 nitrogen and oxygen atoms in total. The molecule has 3 aromatic rings. The minimum Gasteiger partial charge on any atom is -0.508 e. The molecule has 9 heteroatoms. The minimum atomic E-state index is -1.56. The first kappa shape index (κ1) is 20.3. The van der Waals surface area contributed by atoms with Gasteiger partial charge in [-0.3, -0.25) is 4.79 Å². The molecule has 0 radical (unpaired) electrons. The Morgan fingerprint density at radius 1 is 0.967 bits per heavy atom. The molecule has 1 aromatic heterocycles. The van der Waals surface area contributed by atoms with Gasteiger partial charge in [0.1, 0.15) is 47.8 Å². The van der Waals surface area contributed by atoms with Gasteiger partial charge in [-0.25, -0.2) is 0 Å². The van der Waals surface area contributed by atoms with E-state index >= 15 is 0 Å². The van der Waals surface area contributed by atoms with Gasteiger partial charge in [0.25, 0.3) is 0 Å². The summed E-state index contributed by atoms with van der Waals surface area (Å²) in [7, 11) is 0. The van der Waals surface area contributed by atoms with Gasteiger partial charge in [0, 0.05) is 6.07 Å². The Balaban J connectivity index is 1.62. The average Bonchev–Trinajstić information content (AvgIpc) is 2.75. The molecule has 0 spiro atoms. The largest absolute Gasteiger partial charge is 0.508 e. The maximum absolute atomic E-state index is 12.8. The van der Waals surface area contributed by atoms with Gasteiger partial charge in [0.05, 0.1) is 17.6 Å². The van der Waals surface area contributed by atoms with Gasteiger partial charge in [0.15, 0.2) is 5.43 Å². The summed E-state index contributed by atoms with van der Waals surface area (Å²) in [5.74, 6) is 0.270. The van der Waals surface area contributed by atoms with Crippen LogP contribution in [0.1, 0.15) is 0 Å². The number of aromatic hydroxyl groups is 1. The summed E-state index contributed by atoms with van der Waals surface area (Å²) in [5.41, 5.74) is 0.862. The minimum absolute atomic E-state index is 0.0823. The molecule has 5 N–H and O–H groups in total. The van der Waals surface area contributed by atoms with Crippen LogP contribution in [0, 0.1) is 0 Å².